The van der Waals surface area contributed by atoms with Crippen LogP contribution in [0.25, 0.3) is 0 Å². The SMILES string of the molecule is O=C1CC(C(=O)O)(c2c(F)ccc(F)c2F)C1. The van der Waals surface area contributed by atoms with Gasteiger partial charge in [0.1, 0.15) is 17.0 Å². The van der Waals surface area contributed by atoms with Crippen LogP contribution < -0.4 is 0 Å². The summed E-state index contributed by atoms with van der Waals surface area (Å²) in [6.07, 6.45) is -1.03. The molecule has 1 aromatic carbocycles. The molecule has 0 aliphatic heterocycles. The van der Waals surface area contributed by atoms with Gasteiger partial charge in [-0.05, 0) is 12.1 Å². The van der Waals surface area contributed by atoms with Crippen molar-refractivity contribution in [2.24, 2.45) is 0 Å². The molecular formula is C11H7F3O3. The molecule has 0 unspecified atom stereocenters. The molecule has 1 aromatic rings. The van der Waals surface area contributed by atoms with Crippen molar-refractivity contribution in [1.29, 1.82) is 0 Å². The lowest BCUT2D eigenvalue weighted by Gasteiger charge is -2.36. The molecule has 90 valence electrons. The predicted octanol–water partition coefficient (Wildman–Crippen LogP) is 1.79. The Morgan fingerprint density at radius 2 is 1.71 bits per heavy atom. The molecule has 0 heterocycles. The molecule has 6 heteroatoms. The van der Waals surface area contributed by atoms with Crippen molar-refractivity contribution in [1.82, 2.24) is 0 Å². The maximum atomic E-state index is 13.5. The Bertz CT molecular complexity index is 517. The van der Waals surface area contributed by atoms with Crippen molar-refractivity contribution >= 4 is 11.8 Å². The number of benzene rings is 1. The zero-order chi connectivity index (χ0) is 12.8. The Morgan fingerprint density at radius 3 is 2.18 bits per heavy atom. The monoisotopic (exact) mass is 244 g/mol. The summed E-state index contributed by atoms with van der Waals surface area (Å²) >= 11 is 0. The topological polar surface area (TPSA) is 54.4 Å². The van der Waals surface area contributed by atoms with Crippen LogP contribution in [0.15, 0.2) is 12.1 Å². The summed E-state index contributed by atoms with van der Waals surface area (Å²) in [5, 5.41) is 8.99. The van der Waals surface area contributed by atoms with Crippen molar-refractivity contribution in [2.75, 3.05) is 0 Å². The van der Waals surface area contributed by atoms with E-state index in [0.29, 0.717) is 12.1 Å². The van der Waals surface area contributed by atoms with Gasteiger partial charge in [-0.15, -0.1) is 0 Å². The van der Waals surface area contributed by atoms with E-state index in [1.54, 1.807) is 0 Å². The molecule has 0 radical (unpaired) electrons. The number of hydrogen-bond donors (Lipinski definition) is 1. The fraction of sp³-hybridized carbons (Fsp3) is 0.273. The first-order valence-corrected chi connectivity index (χ1v) is 4.77. The molecule has 3 nitrogen and oxygen atoms in total. The standard InChI is InChI=1S/C11H7F3O3/c12-6-1-2-7(13)9(14)8(6)11(10(16)17)3-5(15)4-11/h1-2H,3-4H2,(H,16,17). The van der Waals surface area contributed by atoms with Crippen LogP contribution in [0.4, 0.5) is 13.2 Å². The van der Waals surface area contributed by atoms with Crippen LogP contribution in [0, 0.1) is 17.5 Å². The van der Waals surface area contributed by atoms with Gasteiger partial charge in [-0.3, -0.25) is 9.59 Å². The summed E-state index contributed by atoms with van der Waals surface area (Å²) < 4.78 is 39.9. The van der Waals surface area contributed by atoms with Crippen molar-refractivity contribution in [3.05, 3.63) is 35.1 Å². The van der Waals surface area contributed by atoms with E-state index in [-0.39, 0.29) is 0 Å². The van der Waals surface area contributed by atoms with E-state index < -0.39 is 53.0 Å². The van der Waals surface area contributed by atoms with Crippen molar-refractivity contribution in [2.45, 2.75) is 18.3 Å². The molecule has 1 saturated carbocycles. The highest BCUT2D eigenvalue weighted by Crippen LogP contribution is 2.44. The summed E-state index contributed by atoms with van der Waals surface area (Å²) in [7, 11) is 0. The first-order chi connectivity index (χ1) is 7.88. The summed E-state index contributed by atoms with van der Waals surface area (Å²) in [5.41, 5.74) is -2.84. The Labute approximate surface area is 93.9 Å². The van der Waals surface area contributed by atoms with E-state index in [9.17, 15) is 22.8 Å². The van der Waals surface area contributed by atoms with Crippen LogP contribution in [-0.4, -0.2) is 16.9 Å². The van der Waals surface area contributed by atoms with Crippen molar-refractivity contribution in [3.8, 4) is 0 Å². The molecule has 0 saturated heterocycles. The average Bonchev–Trinajstić information content (AvgIpc) is 2.20. The number of carbonyl (C=O) groups excluding carboxylic acids is 1. The number of hydrogen-bond acceptors (Lipinski definition) is 2. The second-order valence-corrected chi connectivity index (χ2v) is 4.00. The Hall–Kier alpha value is -1.85. The molecule has 1 fully saturated rings. The van der Waals surface area contributed by atoms with Crippen LogP contribution >= 0.6 is 0 Å². The first-order valence-electron chi connectivity index (χ1n) is 4.77. The summed E-state index contributed by atoms with van der Waals surface area (Å²) in [5.74, 6) is -5.98. The van der Waals surface area contributed by atoms with Crippen LogP contribution in [0.2, 0.25) is 0 Å². The van der Waals surface area contributed by atoms with E-state index in [2.05, 4.69) is 0 Å². The summed E-state index contributed by atoms with van der Waals surface area (Å²) in [4.78, 5) is 22.0. The highest BCUT2D eigenvalue weighted by atomic mass is 19.2. The lowest BCUT2D eigenvalue weighted by Crippen LogP contribution is -2.49. The third-order valence-electron chi connectivity index (χ3n) is 2.93. The minimum absolute atomic E-state index is 0.421. The number of carboxylic acids is 1. The number of halogens is 3. The normalized spacial score (nSPS) is 17.7. The molecular weight excluding hydrogens is 237 g/mol. The summed E-state index contributed by atoms with van der Waals surface area (Å²) in [6.45, 7) is 0. The van der Waals surface area contributed by atoms with E-state index in [1.807, 2.05) is 0 Å². The number of ketones is 1. The molecule has 0 amide bonds. The van der Waals surface area contributed by atoms with Crippen molar-refractivity contribution < 1.29 is 27.9 Å². The van der Waals surface area contributed by atoms with Crippen molar-refractivity contribution in [3.63, 3.8) is 0 Å². The Balaban J connectivity index is 2.63. The molecule has 0 aromatic heterocycles. The Morgan fingerprint density at radius 1 is 1.18 bits per heavy atom. The fourth-order valence-corrected chi connectivity index (χ4v) is 2.02. The predicted molar refractivity (Wildman–Crippen MR) is 49.9 cm³/mol. The molecule has 1 N–H and O–H groups in total. The van der Waals surface area contributed by atoms with Gasteiger partial charge in [0.25, 0.3) is 0 Å². The number of carboxylic acid groups (broad SMARTS) is 1. The fourth-order valence-electron chi connectivity index (χ4n) is 2.02. The van der Waals surface area contributed by atoms with Gasteiger partial charge < -0.3 is 5.11 Å². The lowest BCUT2D eigenvalue weighted by molar-refractivity contribution is -0.153. The minimum Gasteiger partial charge on any atom is -0.481 e. The number of Topliss-reactive ketones (excluding diaryl/α,β-unsaturated/α-hetero) is 1. The molecule has 1 aliphatic carbocycles. The number of carbonyl (C=O) groups is 2. The number of rotatable bonds is 2. The number of aliphatic carboxylic acids is 1. The second kappa shape index (κ2) is 3.58. The molecule has 0 spiro atoms. The van der Waals surface area contributed by atoms with Gasteiger partial charge in [0.05, 0.1) is 0 Å². The van der Waals surface area contributed by atoms with E-state index in [0.717, 1.165) is 0 Å². The van der Waals surface area contributed by atoms with E-state index >= 15 is 0 Å². The maximum Gasteiger partial charge on any atom is 0.315 e. The zero-order valence-corrected chi connectivity index (χ0v) is 8.47. The van der Waals surface area contributed by atoms with Gasteiger partial charge in [0, 0.05) is 18.4 Å². The lowest BCUT2D eigenvalue weighted by atomic mass is 9.63. The summed E-state index contributed by atoms with van der Waals surface area (Å²) in [6, 6.07) is 1.23. The first kappa shape index (κ1) is 11.6. The van der Waals surface area contributed by atoms with E-state index in [1.165, 1.54) is 0 Å². The van der Waals surface area contributed by atoms with Crippen LogP contribution in [0.1, 0.15) is 18.4 Å². The molecule has 2 rings (SSSR count). The van der Waals surface area contributed by atoms with Gasteiger partial charge >= 0.3 is 5.97 Å². The van der Waals surface area contributed by atoms with Crippen LogP contribution in [0.5, 0.6) is 0 Å². The van der Waals surface area contributed by atoms with Crippen LogP contribution in [0.3, 0.4) is 0 Å². The molecule has 0 atom stereocenters. The van der Waals surface area contributed by atoms with Gasteiger partial charge in [-0.2, -0.15) is 0 Å². The zero-order valence-electron chi connectivity index (χ0n) is 8.47. The largest absolute Gasteiger partial charge is 0.481 e. The third kappa shape index (κ3) is 1.51. The molecule has 1 aliphatic rings. The highest BCUT2D eigenvalue weighted by Gasteiger charge is 2.54. The molecule has 17 heavy (non-hydrogen) atoms. The van der Waals surface area contributed by atoms with Crippen LogP contribution in [-0.2, 0) is 15.0 Å². The van der Waals surface area contributed by atoms with Gasteiger partial charge in [-0.1, -0.05) is 0 Å². The average molecular weight is 244 g/mol. The van der Waals surface area contributed by atoms with E-state index in [4.69, 9.17) is 5.11 Å². The molecule has 0 bridgehead atoms. The maximum absolute atomic E-state index is 13.5. The minimum atomic E-state index is -1.96. The highest BCUT2D eigenvalue weighted by molar-refractivity contribution is 6.01. The van der Waals surface area contributed by atoms with Gasteiger partial charge in [-0.25, -0.2) is 13.2 Å². The Kier molecular flexibility index (Phi) is 2.45. The van der Waals surface area contributed by atoms with Gasteiger partial charge in [0.2, 0.25) is 0 Å². The smallest absolute Gasteiger partial charge is 0.315 e. The second-order valence-electron chi connectivity index (χ2n) is 4.00. The third-order valence-corrected chi connectivity index (χ3v) is 2.93. The van der Waals surface area contributed by atoms with Gasteiger partial charge in [0.15, 0.2) is 11.6 Å². The quantitative estimate of drug-likeness (QED) is 0.807.